The van der Waals surface area contributed by atoms with Crippen molar-refractivity contribution in [3.05, 3.63) is 75.6 Å². The first-order valence-electron chi connectivity index (χ1n) is 8.68. The smallest absolute Gasteiger partial charge is 0.334 e. The fourth-order valence-corrected chi connectivity index (χ4v) is 2.89. The summed E-state index contributed by atoms with van der Waals surface area (Å²) >= 11 is 0. The van der Waals surface area contributed by atoms with Crippen molar-refractivity contribution in [2.75, 3.05) is 10.6 Å². The fourth-order valence-electron chi connectivity index (χ4n) is 2.89. The van der Waals surface area contributed by atoms with Crippen LogP contribution < -0.4 is 10.6 Å². The van der Waals surface area contributed by atoms with Crippen molar-refractivity contribution in [2.45, 2.75) is 27.2 Å². The second-order valence-electron chi connectivity index (χ2n) is 6.26. The van der Waals surface area contributed by atoms with Crippen LogP contribution in [-0.2, 0) is 6.42 Å². The molecule has 3 aromatic rings. The highest BCUT2D eigenvalue weighted by Gasteiger charge is 2.24. The van der Waals surface area contributed by atoms with Crippen LogP contribution in [0.3, 0.4) is 0 Å². The molecule has 7 heteroatoms. The third-order valence-corrected chi connectivity index (χ3v) is 4.29. The van der Waals surface area contributed by atoms with Crippen molar-refractivity contribution in [1.29, 1.82) is 0 Å². The third kappa shape index (κ3) is 4.03. The van der Waals surface area contributed by atoms with Gasteiger partial charge >= 0.3 is 5.69 Å². The zero-order chi connectivity index (χ0) is 19.4. The minimum absolute atomic E-state index is 0.151. The number of nitrogens with one attached hydrogen (secondary N) is 2. The number of benzene rings is 2. The van der Waals surface area contributed by atoms with Gasteiger partial charge in [-0.25, -0.2) is 9.97 Å². The average Bonchev–Trinajstić information content (AvgIpc) is 2.64. The van der Waals surface area contributed by atoms with Gasteiger partial charge in [0.15, 0.2) is 0 Å². The third-order valence-electron chi connectivity index (χ3n) is 4.29. The molecule has 0 saturated heterocycles. The van der Waals surface area contributed by atoms with Crippen molar-refractivity contribution in [3.63, 3.8) is 0 Å². The van der Waals surface area contributed by atoms with Crippen LogP contribution in [-0.4, -0.2) is 14.9 Å². The minimum Gasteiger partial charge on any atom is -0.334 e. The molecule has 0 aliphatic heterocycles. The molecule has 0 aliphatic carbocycles. The van der Waals surface area contributed by atoms with Crippen LogP contribution in [0.25, 0.3) is 0 Å². The molecule has 0 unspecified atom stereocenters. The van der Waals surface area contributed by atoms with Gasteiger partial charge < -0.3 is 10.6 Å². The molecule has 3 rings (SSSR count). The fraction of sp³-hybridized carbons (Fsp3) is 0.200. The Bertz CT molecular complexity index is 988. The summed E-state index contributed by atoms with van der Waals surface area (Å²) in [6.45, 7) is 5.97. The Kier molecular flexibility index (Phi) is 5.30. The lowest BCUT2D eigenvalue weighted by molar-refractivity contribution is -0.383. The van der Waals surface area contributed by atoms with E-state index in [1.807, 2.05) is 63.2 Å². The van der Waals surface area contributed by atoms with E-state index in [2.05, 4.69) is 20.6 Å². The molecule has 1 heterocycles. The summed E-state index contributed by atoms with van der Waals surface area (Å²) in [5, 5.41) is 17.9. The maximum Gasteiger partial charge on any atom is 0.353 e. The van der Waals surface area contributed by atoms with E-state index in [9.17, 15) is 10.1 Å². The lowest BCUT2D eigenvalue weighted by Crippen LogP contribution is -2.07. The van der Waals surface area contributed by atoms with Crippen LogP contribution in [0.4, 0.5) is 28.7 Å². The summed E-state index contributed by atoms with van der Waals surface area (Å²) in [6, 6.07) is 13.5. The van der Waals surface area contributed by atoms with E-state index in [0.29, 0.717) is 0 Å². The summed E-state index contributed by atoms with van der Waals surface area (Å²) in [5.41, 5.74) is 4.52. The van der Waals surface area contributed by atoms with E-state index in [1.54, 1.807) is 0 Å². The van der Waals surface area contributed by atoms with E-state index in [-0.39, 0.29) is 17.3 Å². The molecule has 2 aromatic carbocycles. The van der Waals surface area contributed by atoms with Gasteiger partial charge in [-0.2, -0.15) is 0 Å². The minimum atomic E-state index is -0.469. The van der Waals surface area contributed by atoms with Gasteiger partial charge in [-0.15, -0.1) is 0 Å². The van der Waals surface area contributed by atoms with E-state index in [4.69, 9.17) is 0 Å². The molecule has 0 aliphatic rings. The maximum absolute atomic E-state index is 11.8. The van der Waals surface area contributed by atoms with Crippen LogP contribution in [0.1, 0.15) is 23.6 Å². The number of rotatable bonds is 6. The zero-order valence-corrected chi connectivity index (χ0v) is 15.5. The van der Waals surface area contributed by atoms with Gasteiger partial charge in [-0.3, -0.25) is 10.1 Å². The number of anilines is 4. The van der Waals surface area contributed by atoms with Crippen LogP contribution >= 0.6 is 0 Å². The number of aryl methyl sites for hydroxylation is 3. The Balaban J connectivity index is 2.01. The van der Waals surface area contributed by atoms with E-state index in [1.165, 1.54) is 6.33 Å². The molecule has 0 bridgehead atoms. The van der Waals surface area contributed by atoms with Gasteiger partial charge in [0.05, 0.1) is 4.92 Å². The quantitative estimate of drug-likeness (QED) is 0.470. The molecule has 7 nitrogen and oxygen atoms in total. The van der Waals surface area contributed by atoms with E-state index >= 15 is 0 Å². The van der Waals surface area contributed by atoms with Crippen molar-refractivity contribution >= 4 is 28.7 Å². The van der Waals surface area contributed by atoms with Gasteiger partial charge in [-0.05, 0) is 43.5 Å². The van der Waals surface area contributed by atoms with Crippen LogP contribution in [0.5, 0.6) is 0 Å². The SMILES string of the molecule is CCc1ccccc1Nc1ncnc(Nc2ccc(C)cc2C)c1[N+](=O)[O-]. The Hall–Kier alpha value is -3.48. The zero-order valence-electron chi connectivity index (χ0n) is 15.5. The second-order valence-corrected chi connectivity index (χ2v) is 6.26. The summed E-state index contributed by atoms with van der Waals surface area (Å²) < 4.78 is 0. The highest BCUT2D eigenvalue weighted by atomic mass is 16.6. The Morgan fingerprint density at radius 3 is 2.30 bits per heavy atom. The molecule has 0 radical (unpaired) electrons. The van der Waals surface area contributed by atoms with Crippen molar-refractivity contribution in [3.8, 4) is 0 Å². The number of nitro groups is 1. The molecule has 0 fully saturated rings. The van der Waals surface area contributed by atoms with Gasteiger partial charge in [-0.1, -0.05) is 42.8 Å². The van der Waals surface area contributed by atoms with E-state index < -0.39 is 4.92 Å². The lowest BCUT2D eigenvalue weighted by Gasteiger charge is -2.13. The standard InChI is InChI=1S/C20H21N5O2/c1-4-15-7-5-6-8-17(15)24-20-18(25(26)27)19(21-12-22-20)23-16-10-9-13(2)11-14(16)3/h5-12H,4H2,1-3H3,(H2,21,22,23,24). The molecule has 1 aromatic heterocycles. The molecule has 0 spiro atoms. The molecular weight excluding hydrogens is 342 g/mol. The van der Waals surface area contributed by atoms with Gasteiger partial charge in [0.1, 0.15) is 6.33 Å². The predicted octanol–water partition coefficient (Wildman–Crippen LogP) is 5.05. The van der Waals surface area contributed by atoms with Crippen molar-refractivity contribution < 1.29 is 4.92 Å². The second kappa shape index (κ2) is 7.82. The van der Waals surface area contributed by atoms with Crippen molar-refractivity contribution in [1.82, 2.24) is 9.97 Å². The molecule has 0 amide bonds. The van der Waals surface area contributed by atoms with Crippen LogP contribution in [0.15, 0.2) is 48.8 Å². The molecule has 0 saturated carbocycles. The number of para-hydroxylation sites is 1. The Morgan fingerprint density at radius 1 is 1.00 bits per heavy atom. The topological polar surface area (TPSA) is 93.0 Å². The molecule has 0 atom stereocenters. The summed E-state index contributed by atoms with van der Waals surface area (Å²) in [5.74, 6) is 0.307. The van der Waals surface area contributed by atoms with Crippen LogP contribution in [0, 0.1) is 24.0 Å². The molecule has 138 valence electrons. The first-order valence-corrected chi connectivity index (χ1v) is 8.68. The maximum atomic E-state index is 11.8. The van der Waals surface area contributed by atoms with Gasteiger partial charge in [0.25, 0.3) is 0 Å². The number of hydrogen-bond acceptors (Lipinski definition) is 6. The first-order chi connectivity index (χ1) is 13.0. The van der Waals surface area contributed by atoms with Gasteiger partial charge in [0, 0.05) is 11.4 Å². The Morgan fingerprint density at radius 2 is 1.67 bits per heavy atom. The largest absolute Gasteiger partial charge is 0.353 e. The lowest BCUT2D eigenvalue weighted by atomic mass is 10.1. The van der Waals surface area contributed by atoms with Crippen LogP contribution in [0.2, 0.25) is 0 Å². The highest BCUT2D eigenvalue weighted by Crippen LogP contribution is 2.34. The molecule has 2 N–H and O–H groups in total. The summed E-state index contributed by atoms with van der Waals surface area (Å²) in [7, 11) is 0. The molecular formula is C20H21N5O2. The number of hydrogen-bond donors (Lipinski definition) is 2. The monoisotopic (exact) mass is 363 g/mol. The molecule has 27 heavy (non-hydrogen) atoms. The van der Waals surface area contributed by atoms with Crippen molar-refractivity contribution in [2.24, 2.45) is 0 Å². The van der Waals surface area contributed by atoms with Gasteiger partial charge in [0.2, 0.25) is 11.6 Å². The normalized spacial score (nSPS) is 10.5. The number of nitrogens with zero attached hydrogens (tertiary/aromatic N) is 3. The number of aromatic nitrogens is 2. The first kappa shape index (κ1) is 18.3. The van der Waals surface area contributed by atoms with E-state index in [0.717, 1.165) is 34.5 Å². The highest BCUT2D eigenvalue weighted by molar-refractivity contribution is 5.78. The summed E-state index contributed by atoms with van der Waals surface area (Å²) in [6.07, 6.45) is 2.12. The Labute approximate surface area is 157 Å². The predicted molar refractivity (Wildman–Crippen MR) is 107 cm³/mol. The average molecular weight is 363 g/mol. The summed E-state index contributed by atoms with van der Waals surface area (Å²) in [4.78, 5) is 19.5.